The van der Waals surface area contributed by atoms with Crippen LogP contribution in [-0.4, -0.2) is 19.3 Å². The molecule has 0 bridgehead atoms. The van der Waals surface area contributed by atoms with Crippen LogP contribution in [0.3, 0.4) is 0 Å². The van der Waals surface area contributed by atoms with Gasteiger partial charge in [0.05, 0.1) is 32.9 Å². The van der Waals surface area contributed by atoms with Crippen molar-refractivity contribution in [3.63, 3.8) is 0 Å². The van der Waals surface area contributed by atoms with Gasteiger partial charge in [0.25, 0.3) is 0 Å². The minimum Gasteiger partial charge on any atom is -0.468 e. The number of sulfonamides is 1. The Balaban J connectivity index is 1.30. The molecular formula is C22H21N3O4S2. The number of fused-ring (bicyclic) bond motifs is 1. The topological polar surface area (TPSA) is 101 Å². The number of para-hydroxylation sites is 1. The van der Waals surface area contributed by atoms with E-state index in [1.807, 2.05) is 24.3 Å². The highest BCUT2D eigenvalue weighted by Gasteiger charge is 2.15. The third kappa shape index (κ3) is 5.57. The minimum atomic E-state index is -3.73. The van der Waals surface area contributed by atoms with E-state index in [1.54, 1.807) is 35.6 Å². The molecule has 0 aliphatic carbocycles. The second kappa shape index (κ2) is 9.42. The van der Waals surface area contributed by atoms with Crippen LogP contribution in [0, 0.1) is 0 Å². The predicted octanol–water partition coefficient (Wildman–Crippen LogP) is 4.33. The SMILES string of the molecule is O=C(CCCc1nc2ccccc2s1)Nc1cccc(S(=O)(=O)NCc2ccco2)c1. The quantitative estimate of drug-likeness (QED) is 0.391. The summed E-state index contributed by atoms with van der Waals surface area (Å²) in [6.07, 6.45) is 3.19. The van der Waals surface area contributed by atoms with E-state index in [0.717, 1.165) is 21.6 Å². The van der Waals surface area contributed by atoms with Crippen LogP contribution in [0.1, 0.15) is 23.6 Å². The molecule has 7 nitrogen and oxygen atoms in total. The van der Waals surface area contributed by atoms with Crippen LogP contribution in [0.25, 0.3) is 10.2 Å². The molecule has 0 atom stereocenters. The standard InChI is InChI=1S/C22H21N3O4S2/c26-21(11-4-12-22-25-19-9-1-2-10-20(19)30-22)24-16-6-3-8-18(14-16)31(27,28)23-15-17-7-5-13-29-17/h1-3,5-10,13-14,23H,4,11-12,15H2,(H,24,26). The summed E-state index contributed by atoms with van der Waals surface area (Å²) in [6.45, 7) is 0.0533. The zero-order valence-electron chi connectivity index (χ0n) is 16.6. The van der Waals surface area contributed by atoms with Crippen LogP contribution in [-0.2, 0) is 27.8 Å². The van der Waals surface area contributed by atoms with Crippen LogP contribution >= 0.6 is 11.3 Å². The van der Waals surface area contributed by atoms with Crippen molar-refractivity contribution in [3.05, 3.63) is 77.7 Å². The molecule has 160 valence electrons. The number of hydrogen-bond acceptors (Lipinski definition) is 6. The number of benzene rings is 2. The van der Waals surface area contributed by atoms with Gasteiger partial charge in [-0.05, 0) is 55.3 Å². The molecule has 0 saturated heterocycles. The summed E-state index contributed by atoms with van der Waals surface area (Å²) in [5, 5.41) is 3.77. The number of carbonyl (C=O) groups excluding carboxylic acids is 1. The van der Waals surface area contributed by atoms with E-state index in [4.69, 9.17) is 4.42 Å². The normalized spacial score (nSPS) is 11.6. The predicted molar refractivity (Wildman–Crippen MR) is 120 cm³/mol. The first kappa shape index (κ1) is 21.2. The number of anilines is 1. The Hall–Kier alpha value is -3.01. The lowest BCUT2D eigenvalue weighted by molar-refractivity contribution is -0.116. The van der Waals surface area contributed by atoms with Crippen molar-refractivity contribution < 1.29 is 17.6 Å². The molecule has 0 aliphatic rings. The lowest BCUT2D eigenvalue weighted by atomic mass is 10.2. The molecule has 2 aromatic heterocycles. The van der Waals surface area contributed by atoms with Crippen LogP contribution in [0.15, 0.2) is 76.2 Å². The number of rotatable bonds is 9. The van der Waals surface area contributed by atoms with E-state index in [-0.39, 0.29) is 17.3 Å². The van der Waals surface area contributed by atoms with E-state index in [1.165, 1.54) is 18.4 Å². The molecule has 1 amide bonds. The summed E-state index contributed by atoms with van der Waals surface area (Å²) in [5.74, 6) is 0.348. The fourth-order valence-electron chi connectivity index (χ4n) is 3.05. The Bertz CT molecular complexity index is 1250. The molecule has 0 fully saturated rings. The smallest absolute Gasteiger partial charge is 0.241 e. The van der Waals surface area contributed by atoms with E-state index >= 15 is 0 Å². The number of hydrogen-bond donors (Lipinski definition) is 2. The third-order valence-electron chi connectivity index (χ3n) is 4.58. The molecule has 0 aliphatic heterocycles. The zero-order valence-corrected chi connectivity index (χ0v) is 18.2. The summed E-state index contributed by atoms with van der Waals surface area (Å²) in [6, 6.07) is 17.5. The maximum absolute atomic E-state index is 12.5. The van der Waals surface area contributed by atoms with Crippen molar-refractivity contribution in [1.29, 1.82) is 0 Å². The lowest BCUT2D eigenvalue weighted by Crippen LogP contribution is -2.23. The number of carbonyl (C=O) groups is 1. The van der Waals surface area contributed by atoms with Gasteiger partial charge in [0.15, 0.2) is 0 Å². The summed E-state index contributed by atoms with van der Waals surface area (Å²) < 4.78 is 33.8. The summed E-state index contributed by atoms with van der Waals surface area (Å²) in [7, 11) is -3.73. The second-order valence-corrected chi connectivity index (χ2v) is 9.79. The van der Waals surface area contributed by atoms with Gasteiger partial charge in [0.2, 0.25) is 15.9 Å². The van der Waals surface area contributed by atoms with Crippen molar-refractivity contribution in [1.82, 2.24) is 9.71 Å². The van der Waals surface area contributed by atoms with Crippen LogP contribution in [0.2, 0.25) is 0 Å². The monoisotopic (exact) mass is 455 g/mol. The van der Waals surface area contributed by atoms with Crippen LogP contribution in [0.4, 0.5) is 5.69 Å². The molecule has 0 unspecified atom stereocenters. The van der Waals surface area contributed by atoms with Crippen molar-refractivity contribution in [2.45, 2.75) is 30.7 Å². The van der Waals surface area contributed by atoms with E-state index in [2.05, 4.69) is 15.0 Å². The maximum atomic E-state index is 12.5. The van der Waals surface area contributed by atoms with E-state index in [0.29, 0.717) is 24.3 Å². The number of thiazole rings is 1. The van der Waals surface area contributed by atoms with E-state index in [9.17, 15) is 13.2 Å². The molecule has 31 heavy (non-hydrogen) atoms. The second-order valence-electron chi connectivity index (χ2n) is 6.91. The van der Waals surface area contributed by atoms with Gasteiger partial charge in [-0.3, -0.25) is 4.79 Å². The highest BCUT2D eigenvalue weighted by molar-refractivity contribution is 7.89. The fourth-order valence-corrected chi connectivity index (χ4v) is 5.10. The number of furan rings is 1. The first-order valence-corrected chi connectivity index (χ1v) is 12.1. The number of nitrogens with zero attached hydrogens (tertiary/aromatic N) is 1. The molecular weight excluding hydrogens is 434 g/mol. The molecule has 0 radical (unpaired) electrons. The Morgan fingerprint density at radius 2 is 1.94 bits per heavy atom. The Morgan fingerprint density at radius 3 is 2.74 bits per heavy atom. The highest BCUT2D eigenvalue weighted by atomic mass is 32.2. The van der Waals surface area contributed by atoms with Gasteiger partial charge >= 0.3 is 0 Å². The first-order valence-electron chi connectivity index (χ1n) is 9.76. The Kier molecular flexibility index (Phi) is 6.45. The fraction of sp³-hybridized carbons (Fsp3) is 0.182. The molecule has 0 saturated carbocycles. The lowest BCUT2D eigenvalue weighted by Gasteiger charge is -2.09. The van der Waals surface area contributed by atoms with Gasteiger partial charge in [-0.15, -0.1) is 11.3 Å². The molecule has 4 rings (SSSR count). The maximum Gasteiger partial charge on any atom is 0.241 e. The molecule has 0 spiro atoms. The molecule has 2 N–H and O–H groups in total. The molecule has 4 aromatic rings. The Labute approximate surface area is 184 Å². The van der Waals surface area contributed by atoms with Gasteiger partial charge < -0.3 is 9.73 Å². The van der Waals surface area contributed by atoms with Gasteiger partial charge in [-0.2, -0.15) is 0 Å². The number of nitrogens with one attached hydrogen (secondary N) is 2. The first-order chi connectivity index (χ1) is 15.0. The van der Waals surface area contributed by atoms with Crippen molar-refractivity contribution >= 4 is 43.2 Å². The number of amides is 1. The molecule has 2 heterocycles. The van der Waals surface area contributed by atoms with Gasteiger partial charge in [0, 0.05) is 12.1 Å². The van der Waals surface area contributed by atoms with Crippen molar-refractivity contribution in [2.24, 2.45) is 0 Å². The van der Waals surface area contributed by atoms with Gasteiger partial charge in [0.1, 0.15) is 5.76 Å². The third-order valence-corrected chi connectivity index (χ3v) is 7.07. The molecule has 9 heteroatoms. The summed E-state index contributed by atoms with van der Waals surface area (Å²) >= 11 is 1.64. The average molecular weight is 456 g/mol. The van der Waals surface area contributed by atoms with Crippen molar-refractivity contribution in [2.75, 3.05) is 5.32 Å². The average Bonchev–Trinajstić information content (AvgIpc) is 3.42. The zero-order chi connectivity index (χ0) is 21.7. The summed E-state index contributed by atoms with van der Waals surface area (Å²) in [5.41, 5.74) is 1.41. The molecule has 2 aromatic carbocycles. The summed E-state index contributed by atoms with van der Waals surface area (Å²) in [4.78, 5) is 17.0. The van der Waals surface area contributed by atoms with Gasteiger partial charge in [-0.1, -0.05) is 18.2 Å². The van der Waals surface area contributed by atoms with E-state index < -0.39 is 10.0 Å². The van der Waals surface area contributed by atoms with Crippen LogP contribution in [0.5, 0.6) is 0 Å². The number of aryl methyl sites for hydroxylation is 1. The van der Waals surface area contributed by atoms with Crippen LogP contribution < -0.4 is 10.0 Å². The largest absolute Gasteiger partial charge is 0.468 e. The van der Waals surface area contributed by atoms with Gasteiger partial charge in [-0.25, -0.2) is 18.1 Å². The minimum absolute atomic E-state index is 0.0533. The Morgan fingerprint density at radius 1 is 1.06 bits per heavy atom. The number of aromatic nitrogens is 1. The highest BCUT2D eigenvalue weighted by Crippen LogP contribution is 2.23. The van der Waals surface area contributed by atoms with Crippen molar-refractivity contribution in [3.8, 4) is 0 Å².